The van der Waals surface area contributed by atoms with Gasteiger partial charge in [0.05, 0.1) is 5.69 Å². The van der Waals surface area contributed by atoms with Crippen molar-refractivity contribution in [3.05, 3.63) is 65.4 Å². The van der Waals surface area contributed by atoms with Gasteiger partial charge in [0.1, 0.15) is 9.88 Å². The summed E-state index contributed by atoms with van der Waals surface area (Å²) in [5, 5.41) is 0.905. The zero-order valence-corrected chi connectivity index (χ0v) is 15.4. The van der Waals surface area contributed by atoms with Gasteiger partial charge < -0.3 is 9.80 Å². The first-order chi connectivity index (χ1) is 12.7. The van der Waals surface area contributed by atoms with Gasteiger partial charge in [-0.3, -0.25) is 9.78 Å². The maximum absolute atomic E-state index is 13.0. The Hall–Kier alpha value is -2.73. The van der Waals surface area contributed by atoms with E-state index in [1.54, 1.807) is 12.4 Å². The van der Waals surface area contributed by atoms with Crippen LogP contribution < -0.4 is 4.90 Å². The maximum atomic E-state index is 13.0. The number of hydrogen-bond donors (Lipinski definition) is 0. The standard InChI is InChI=1S/C20H20N4OS/c1-15-18(26-19(22-15)16-5-3-2-4-6-16)20(25)24-13-11-23(12-14-24)17-7-9-21-10-8-17/h2-10H,11-14H2,1H3. The lowest BCUT2D eigenvalue weighted by Crippen LogP contribution is -2.48. The van der Waals surface area contributed by atoms with E-state index in [9.17, 15) is 4.79 Å². The van der Waals surface area contributed by atoms with Crippen LogP contribution in [0.2, 0.25) is 0 Å². The molecule has 0 spiro atoms. The van der Waals surface area contributed by atoms with E-state index < -0.39 is 0 Å². The predicted octanol–water partition coefficient (Wildman–Crippen LogP) is 3.48. The van der Waals surface area contributed by atoms with Gasteiger partial charge in [0.25, 0.3) is 5.91 Å². The van der Waals surface area contributed by atoms with E-state index in [1.807, 2.05) is 54.3 Å². The number of anilines is 1. The molecule has 0 saturated carbocycles. The monoisotopic (exact) mass is 364 g/mol. The summed E-state index contributed by atoms with van der Waals surface area (Å²) >= 11 is 1.49. The topological polar surface area (TPSA) is 49.3 Å². The molecular weight excluding hydrogens is 344 g/mol. The minimum Gasteiger partial charge on any atom is -0.368 e. The number of carbonyl (C=O) groups excluding carboxylic acids is 1. The van der Waals surface area contributed by atoms with Crippen LogP contribution in [0.25, 0.3) is 10.6 Å². The lowest BCUT2D eigenvalue weighted by Gasteiger charge is -2.35. The first-order valence-electron chi connectivity index (χ1n) is 8.69. The maximum Gasteiger partial charge on any atom is 0.265 e. The van der Waals surface area contributed by atoms with Crippen LogP contribution in [0, 0.1) is 6.92 Å². The lowest BCUT2D eigenvalue weighted by atomic mass is 10.2. The highest BCUT2D eigenvalue weighted by Gasteiger charge is 2.25. The van der Waals surface area contributed by atoms with Crippen LogP contribution in [-0.4, -0.2) is 47.0 Å². The minimum atomic E-state index is 0.0940. The molecule has 1 fully saturated rings. The largest absolute Gasteiger partial charge is 0.368 e. The molecule has 1 aliphatic rings. The molecular formula is C20H20N4OS. The molecule has 3 aromatic rings. The van der Waals surface area contributed by atoms with Crippen LogP contribution in [0.3, 0.4) is 0 Å². The first kappa shape index (κ1) is 16.7. The van der Waals surface area contributed by atoms with E-state index in [2.05, 4.69) is 14.9 Å². The fourth-order valence-electron chi connectivity index (χ4n) is 3.17. The number of piperazine rings is 1. The molecule has 1 amide bonds. The Morgan fingerprint density at radius 1 is 1.00 bits per heavy atom. The van der Waals surface area contributed by atoms with E-state index >= 15 is 0 Å². The SMILES string of the molecule is Cc1nc(-c2ccccc2)sc1C(=O)N1CCN(c2ccncc2)CC1. The van der Waals surface area contributed by atoms with Crippen LogP contribution >= 0.6 is 11.3 Å². The zero-order chi connectivity index (χ0) is 17.9. The molecule has 0 N–H and O–H groups in total. The van der Waals surface area contributed by atoms with Gasteiger partial charge in [0, 0.05) is 49.8 Å². The fraction of sp³-hybridized carbons (Fsp3) is 0.250. The second-order valence-electron chi connectivity index (χ2n) is 6.28. The number of amides is 1. The van der Waals surface area contributed by atoms with Crippen LogP contribution in [0.4, 0.5) is 5.69 Å². The highest BCUT2D eigenvalue weighted by Crippen LogP contribution is 2.29. The number of thiazole rings is 1. The molecule has 1 saturated heterocycles. The van der Waals surface area contributed by atoms with Crippen molar-refractivity contribution in [3.8, 4) is 10.6 Å². The molecule has 6 heteroatoms. The van der Waals surface area contributed by atoms with E-state index in [0.717, 1.165) is 53.0 Å². The summed E-state index contributed by atoms with van der Waals surface area (Å²) in [6, 6.07) is 14.0. The van der Waals surface area contributed by atoms with Gasteiger partial charge in [0.2, 0.25) is 0 Å². The van der Waals surface area contributed by atoms with Gasteiger partial charge in [-0.1, -0.05) is 30.3 Å². The van der Waals surface area contributed by atoms with Gasteiger partial charge >= 0.3 is 0 Å². The van der Waals surface area contributed by atoms with Crippen LogP contribution in [0.5, 0.6) is 0 Å². The van der Waals surface area contributed by atoms with Gasteiger partial charge in [-0.05, 0) is 19.1 Å². The number of aryl methyl sites for hydroxylation is 1. The smallest absolute Gasteiger partial charge is 0.265 e. The molecule has 3 heterocycles. The quantitative estimate of drug-likeness (QED) is 0.714. The number of hydrogen-bond acceptors (Lipinski definition) is 5. The summed E-state index contributed by atoms with van der Waals surface area (Å²) in [4.78, 5) is 26.6. The number of benzene rings is 1. The Labute approximate surface area is 156 Å². The Morgan fingerprint density at radius 3 is 2.38 bits per heavy atom. The average Bonchev–Trinajstić information content (AvgIpc) is 3.10. The molecule has 5 nitrogen and oxygen atoms in total. The molecule has 0 bridgehead atoms. The Balaban J connectivity index is 1.47. The van der Waals surface area contributed by atoms with E-state index in [0.29, 0.717) is 0 Å². The highest BCUT2D eigenvalue weighted by molar-refractivity contribution is 7.17. The van der Waals surface area contributed by atoms with Crippen LogP contribution in [0.1, 0.15) is 15.4 Å². The Morgan fingerprint density at radius 2 is 1.69 bits per heavy atom. The number of aromatic nitrogens is 2. The Kier molecular flexibility index (Phi) is 4.67. The van der Waals surface area contributed by atoms with Crippen molar-refractivity contribution < 1.29 is 4.79 Å². The summed E-state index contributed by atoms with van der Waals surface area (Å²) in [5.41, 5.74) is 3.03. The summed E-state index contributed by atoms with van der Waals surface area (Å²) in [6.07, 6.45) is 3.61. The molecule has 0 atom stereocenters. The summed E-state index contributed by atoms with van der Waals surface area (Å²) in [5.74, 6) is 0.0940. The average molecular weight is 364 g/mol. The molecule has 0 aliphatic carbocycles. The Bertz CT molecular complexity index is 887. The number of carbonyl (C=O) groups is 1. The summed E-state index contributed by atoms with van der Waals surface area (Å²) < 4.78 is 0. The molecule has 1 aliphatic heterocycles. The second kappa shape index (κ2) is 7.25. The summed E-state index contributed by atoms with van der Waals surface area (Å²) in [7, 11) is 0. The third kappa shape index (κ3) is 3.32. The van der Waals surface area contributed by atoms with Crippen molar-refractivity contribution in [1.82, 2.24) is 14.9 Å². The van der Waals surface area contributed by atoms with Crippen molar-refractivity contribution in [3.63, 3.8) is 0 Å². The van der Waals surface area contributed by atoms with Gasteiger partial charge in [-0.25, -0.2) is 4.98 Å². The third-order valence-corrected chi connectivity index (χ3v) is 5.80. The number of nitrogens with zero attached hydrogens (tertiary/aromatic N) is 4. The fourth-order valence-corrected chi connectivity index (χ4v) is 4.20. The van der Waals surface area contributed by atoms with Gasteiger partial charge in [0.15, 0.2) is 0 Å². The molecule has 26 heavy (non-hydrogen) atoms. The molecule has 0 unspecified atom stereocenters. The lowest BCUT2D eigenvalue weighted by molar-refractivity contribution is 0.0750. The van der Waals surface area contributed by atoms with Crippen molar-refractivity contribution in [2.45, 2.75) is 6.92 Å². The van der Waals surface area contributed by atoms with Gasteiger partial charge in [-0.2, -0.15) is 0 Å². The molecule has 4 rings (SSSR count). The van der Waals surface area contributed by atoms with E-state index in [-0.39, 0.29) is 5.91 Å². The molecule has 132 valence electrons. The first-order valence-corrected chi connectivity index (χ1v) is 9.51. The van der Waals surface area contributed by atoms with Gasteiger partial charge in [-0.15, -0.1) is 11.3 Å². The summed E-state index contributed by atoms with van der Waals surface area (Å²) in [6.45, 7) is 5.03. The van der Waals surface area contributed by atoms with Crippen molar-refractivity contribution in [2.75, 3.05) is 31.1 Å². The van der Waals surface area contributed by atoms with E-state index in [4.69, 9.17) is 0 Å². The third-order valence-electron chi connectivity index (χ3n) is 4.61. The van der Waals surface area contributed by atoms with Crippen molar-refractivity contribution in [2.24, 2.45) is 0 Å². The predicted molar refractivity (Wildman–Crippen MR) is 105 cm³/mol. The van der Waals surface area contributed by atoms with Crippen molar-refractivity contribution in [1.29, 1.82) is 0 Å². The van der Waals surface area contributed by atoms with E-state index in [1.165, 1.54) is 11.3 Å². The highest BCUT2D eigenvalue weighted by atomic mass is 32.1. The second-order valence-corrected chi connectivity index (χ2v) is 7.28. The number of rotatable bonds is 3. The number of pyridine rings is 1. The molecule has 0 radical (unpaired) electrons. The normalized spacial score (nSPS) is 14.5. The van der Waals surface area contributed by atoms with Crippen LogP contribution in [0.15, 0.2) is 54.9 Å². The van der Waals surface area contributed by atoms with Crippen LogP contribution in [-0.2, 0) is 0 Å². The molecule has 2 aromatic heterocycles. The minimum absolute atomic E-state index is 0.0940. The molecule has 1 aromatic carbocycles. The zero-order valence-electron chi connectivity index (χ0n) is 14.6. The van der Waals surface area contributed by atoms with Crippen molar-refractivity contribution >= 4 is 22.9 Å².